The van der Waals surface area contributed by atoms with Crippen LogP contribution in [0.15, 0.2) is 30.5 Å². The molecular weight excluding hydrogens is 477 g/mol. The van der Waals surface area contributed by atoms with Crippen molar-refractivity contribution in [2.75, 3.05) is 62.7 Å². The first-order chi connectivity index (χ1) is 17.2. The second-order valence-electron chi connectivity index (χ2n) is 9.67. The number of anilines is 2. The molecule has 3 fully saturated rings. The van der Waals surface area contributed by atoms with Gasteiger partial charge in [0, 0.05) is 82.5 Å². The van der Waals surface area contributed by atoms with Crippen LogP contribution in [-0.2, 0) is 22.3 Å². The number of nitrogens with one attached hydrogen (secondary N) is 1. The van der Waals surface area contributed by atoms with Crippen LogP contribution in [0.3, 0.4) is 0 Å². The number of hydrogen-bond acceptors (Lipinski definition) is 6. The number of piperazine rings is 1. The Morgan fingerprint density at radius 1 is 1.08 bits per heavy atom. The molecule has 1 aromatic heterocycles. The molecule has 2 atom stereocenters. The third-order valence-electron chi connectivity index (χ3n) is 7.13. The first-order valence-electron chi connectivity index (χ1n) is 12.0. The fourth-order valence-corrected chi connectivity index (χ4v) is 5.22. The van der Waals surface area contributed by atoms with E-state index >= 15 is 0 Å². The molecule has 3 aliphatic rings. The Morgan fingerprint density at radius 2 is 1.78 bits per heavy atom. The summed E-state index contributed by atoms with van der Waals surface area (Å²) in [6.45, 7) is 5.93. The summed E-state index contributed by atoms with van der Waals surface area (Å²) in [5.41, 5.74) is 0.239. The number of halogens is 3. The number of hydrogen-bond donors (Lipinski definition) is 1. The van der Waals surface area contributed by atoms with Crippen LogP contribution in [-0.4, -0.2) is 84.0 Å². The van der Waals surface area contributed by atoms with Crippen molar-refractivity contribution in [3.8, 4) is 0 Å². The Bertz CT molecular complexity index is 1120. The molecule has 0 aliphatic carbocycles. The van der Waals surface area contributed by atoms with Crippen LogP contribution in [0.4, 0.5) is 29.5 Å². The van der Waals surface area contributed by atoms with Gasteiger partial charge in [0.1, 0.15) is 0 Å². The van der Waals surface area contributed by atoms with Gasteiger partial charge in [-0.25, -0.2) is 4.79 Å². The highest BCUT2D eigenvalue weighted by Crippen LogP contribution is 2.38. The average Bonchev–Trinajstić information content (AvgIpc) is 3.55. The number of alkyl halides is 3. The average molecular weight is 507 g/mol. The Morgan fingerprint density at radius 3 is 2.42 bits per heavy atom. The quantitative estimate of drug-likeness (QED) is 0.687. The van der Waals surface area contributed by atoms with E-state index < -0.39 is 11.7 Å². The van der Waals surface area contributed by atoms with Crippen molar-refractivity contribution in [2.24, 2.45) is 11.8 Å². The molecule has 0 spiro atoms. The zero-order valence-corrected chi connectivity index (χ0v) is 20.0. The van der Waals surface area contributed by atoms with E-state index in [1.165, 1.54) is 25.3 Å². The molecule has 2 unspecified atom stereocenters. The molecule has 12 heteroatoms. The predicted molar refractivity (Wildman–Crippen MR) is 126 cm³/mol. The molecule has 2 amide bonds. The molecule has 3 saturated heterocycles. The highest BCUT2D eigenvalue weighted by molar-refractivity contribution is 5.88. The minimum Gasteiger partial charge on any atom is -0.381 e. The second kappa shape index (κ2) is 9.74. The number of fused-ring (bicyclic) bond motifs is 1. The lowest BCUT2D eigenvalue weighted by Gasteiger charge is -2.35. The van der Waals surface area contributed by atoms with E-state index in [4.69, 9.17) is 4.74 Å². The SMILES string of the molecule is CC(=O)Nc1ccn(C(=O)N2CCN(Cc3ccc(N4CC5COCC5C4)cc3C(F)(F)F)CC2)n1. The maximum Gasteiger partial charge on any atom is 0.416 e. The van der Waals surface area contributed by atoms with Gasteiger partial charge in [-0.1, -0.05) is 6.07 Å². The number of ether oxygens (including phenoxy) is 1. The molecule has 194 valence electrons. The number of nitrogens with zero attached hydrogens (tertiary/aromatic N) is 5. The number of amides is 2. The fourth-order valence-electron chi connectivity index (χ4n) is 5.22. The lowest BCUT2D eigenvalue weighted by Crippen LogP contribution is -2.49. The van der Waals surface area contributed by atoms with Crippen LogP contribution < -0.4 is 10.2 Å². The topological polar surface area (TPSA) is 82.9 Å². The third-order valence-corrected chi connectivity index (χ3v) is 7.13. The molecular formula is C24H29F3N6O3. The summed E-state index contributed by atoms with van der Waals surface area (Å²) < 4.78 is 48.6. The molecule has 1 aromatic carbocycles. The van der Waals surface area contributed by atoms with Gasteiger partial charge >= 0.3 is 12.2 Å². The van der Waals surface area contributed by atoms with Gasteiger partial charge in [0.15, 0.2) is 5.82 Å². The Labute approximate surface area is 206 Å². The van der Waals surface area contributed by atoms with Crippen molar-refractivity contribution in [1.82, 2.24) is 19.6 Å². The summed E-state index contributed by atoms with van der Waals surface area (Å²) in [6, 6.07) is 5.85. The van der Waals surface area contributed by atoms with E-state index in [0.717, 1.165) is 17.8 Å². The molecule has 1 N–H and O–H groups in total. The van der Waals surface area contributed by atoms with Gasteiger partial charge in [0.2, 0.25) is 5.91 Å². The number of benzene rings is 1. The van der Waals surface area contributed by atoms with E-state index in [1.54, 1.807) is 17.0 Å². The highest BCUT2D eigenvalue weighted by atomic mass is 19.4. The summed E-state index contributed by atoms with van der Waals surface area (Å²) in [7, 11) is 0. The minimum atomic E-state index is -4.45. The lowest BCUT2D eigenvalue weighted by molar-refractivity contribution is -0.138. The van der Waals surface area contributed by atoms with Gasteiger partial charge in [-0.05, 0) is 17.7 Å². The van der Waals surface area contributed by atoms with E-state index in [1.807, 2.05) is 9.80 Å². The van der Waals surface area contributed by atoms with Gasteiger partial charge in [0.05, 0.1) is 18.8 Å². The van der Waals surface area contributed by atoms with Gasteiger partial charge in [-0.2, -0.15) is 17.9 Å². The first-order valence-corrected chi connectivity index (χ1v) is 12.0. The molecule has 36 heavy (non-hydrogen) atoms. The van der Waals surface area contributed by atoms with Gasteiger partial charge < -0.3 is 19.9 Å². The smallest absolute Gasteiger partial charge is 0.381 e. The van der Waals surface area contributed by atoms with Crippen molar-refractivity contribution in [3.63, 3.8) is 0 Å². The lowest BCUT2D eigenvalue weighted by atomic mass is 10.0. The van der Waals surface area contributed by atoms with E-state index in [0.29, 0.717) is 56.9 Å². The van der Waals surface area contributed by atoms with Crippen LogP contribution in [0.1, 0.15) is 18.1 Å². The number of carbonyl (C=O) groups is 2. The van der Waals surface area contributed by atoms with Crippen molar-refractivity contribution in [3.05, 3.63) is 41.6 Å². The predicted octanol–water partition coefficient (Wildman–Crippen LogP) is 2.73. The molecule has 0 bridgehead atoms. The van der Waals surface area contributed by atoms with Crippen molar-refractivity contribution < 1.29 is 27.5 Å². The number of rotatable bonds is 4. The Kier molecular flexibility index (Phi) is 6.64. The minimum absolute atomic E-state index is 0.157. The highest BCUT2D eigenvalue weighted by Gasteiger charge is 2.39. The van der Waals surface area contributed by atoms with Crippen molar-refractivity contribution >= 4 is 23.4 Å². The van der Waals surface area contributed by atoms with Crippen molar-refractivity contribution in [2.45, 2.75) is 19.6 Å². The van der Waals surface area contributed by atoms with E-state index in [9.17, 15) is 22.8 Å². The van der Waals surface area contributed by atoms with Crippen molar-refractivity contribution in [1.29, 1.82) is 0 Å². The van der Waals surface area contributed by atoms with Crippen LogP contribution in [0, 0.1) is 11.8 Å². The van der Waals surface area contributed by atoms with Gasteiger partial charge in [-0.15, -0.1) is 5.10 Å². The largest absolute Gasteiger partial charge is 0.416 e. The molecule has 3 aliphatic heterocycles. The summed E-state index contributed by atoms with van der Waals surface area (Å²) in [5.74, 6) is 0.766. The fraction of sp³-hybridized carbons (Fsp3) is 0.542. The molecule has 0 saturated carbocycles. The standard InChI is InChI=1S/C24H29F3N6O3/c1-16(34)28-22-4-5-33(29-22)23(35)31-8-6-30(7-9-31)11-17-2-3-20(10-21(17)24(25,26)27)32-12-18-14-36-15-19(18)13-32/h2-5,10,18-19H,6-9,11-15H2,1H3,(H,28,29,34). The zero-order valence-electron chi connectivity index (χ0n) is 20.0. The Hall–Kier alpha value is -3.12. The van der Waals surface area contributed by atoms with Crippen LogP contribution >= 0.6 is 0 Å². The molecule has 9 nitrogen and oxygen atoms in total. The summed E-state index contributed by atoms with van der Waals surface area (Å²) in [5, 5.41) is 6.57. The third kappa shape index (κ3) is 5.19. The van der Waals surface area contributed by atoms with Crippen LogP contribution in [0.2, 0.25) is 0 Å². The van der Waals surface area contributed by atoms with E-state index in [2.05, 4.69) is 10.4 Å². The van der Waals surface area contributed by atoms with Gasteiger partial charge in [-0.3, -0.25) is 9.69 Å². The maximum absolute atomic E-state index is 14.0. The monoisotopic (exact) mass is 506 g/mol. The number of aromatic nitrogens is 2. The molecule has 5 rings (SSSR count). The molecule has 2 aromatic rings. The second-order valence-corrected chi connectivity index (χ2v) is 9.67. The van der Waals surface area contributed by atoms with Crippen LogP contribution in [0.25, 0.3) is 0 Å². The first kappa shape index (κ1) is 24.6. The molecule has 0 radical (unpaired) electrons. The summed E-state index contributed by atoms with van der Waals surface area (Å²) in [6.07, 6.45) is -2.98. The number of carbonyl (C=O) groups excluding carboxylic acids is 2. The van der Waals surface area contributed by atoms with E-state index in [-0.39, 0.29) is 29.9 Å². The summed E-state index contributed by atoms with van der Waals surface area (Å²) in [4.78, 5) is 29.4. The van der Waals surface area contributed by atoms with Gasteiger partial charge in [0.25, 0.3) is 0 Å². The van der Waals surface area contributed by atoms with Crippen LogP contribution in [0.5, 0.6) is 0 Å². The Balaban J connectivity index is 1.22. The summed E-state index contributed by atoms with van der Waals surface area (Å²) >= 11 is 0. The maximum atomic E-state index is 14.0. The normalized spacial score (nSPS) is 22.7. The molecule has 4 heterocycles. The zero-order chi connectivity index (χ0) is 25.4.